The molecule has 1 saturated heterocycles. The second kappa shape index (κ2) is 4.96. The fraction of sp³-hybridized carbons (Fsp3) is 0.357. The van der Waals surface area contributed by atoms with Crippen LogP contribution in [0.25, 0.3) is 11.0 Å². The van der Waals surface area contributed by atoms with Crippen molar-refractivity contribution in [2.24, 2.45) is 11.7 Å². The van der Waals surface area contributed by atoms with E-state index in [1.165, 1.54) is 0 Å². The van der Waals surface area contributed by atoms with Gasteiger partial charge >= 0.3 is 0 Å². The molecule has 3 rings (SSSR count). The van der Waals surface area contributed by atoms with Gasteiger partial charge in [-0.2, -0.15) is 0 Å². The first-order valence-corrected chi connectivity index (χ1v) is 6.53. The Morgan fingerprint density at radius 1 is 1.45 bits per heavy atom. The zero-order chi connectivity index (χ0) is 14.1. The van der Waals surface area contributed by atoms with Gasteiger partial charge in [0.05, 0.1) is 24.2 Å². The van der Waals surface area contributed by atoms with Gasteiger partial charge in [-0.25, -0.2) is 4.98 Å². The highest BCUT2D eigenvalue weighted by Gasteiger charge is 2.28. The van der Waals surface area contributed by atoms with Crippen LogP contribution in [-0.4, -0.2) is 36.1 Å². The first-order valence-electron chi connectivity index (χ1n) is 6.53. The van der Waals surface area contributed by atoms with Crippen molar-refractivity contribution < 1.29 is 9.53 Å². The molecule has 104 valence electrons. The molecule has 0 unspecified atom stereocenters. The van der Waals surface area contributed by atoms with Crippen molar-refractivity contribution in [1.29, 1.82) is 0 Å². The van der Waals surface area contributed by atoms with E-state index in [1.807, 2.05) is 12.1 Å². The van der Waals surface area contributed by atoms with Gasteiger partial charge in [-0.1, -0.05) is 0 Å². The van der Waals surface area contributed by atoms with E-state index in [0.717, 1.165) is 29.7 Å². The lowest BCUT2D eigenvalue weighted by Crippen LogP contribution is -2.27. The molecule has 1 amide bonds. The van der Waals surface area contributed by atoms with Crippen molar-refractivity contribution in [3.8, 4) is 5.88 Å². The minimum atomic E-state index is -0.239. The summed E-state index contributed by atoms with van der Waals surface area (Å²) in [4.78, 5) is 22.2. The maximum Gasteiger partial charge on any atom is 0.222 e. The molecule has 6 heteroatoms. The van der Waals surface area contributed by atoms with Gasteiger partial charge in [-0.05, 0) is 18.6 Å². The number of hydrogen-bond acceptors (Lipinski definition) is 5. The van der Waals surface area contributed by atoms with Crippen molar-refractivity contribution in [2.45, 2.75) is 6.42 Å². The lowest BCUT2D eigenvalue weighted by Gasteiger charge is -2.19. The summed E-state index contributed by atoms with van der Waals surface area (Å²) in [7, 11) is 1.59. The highest BCUT2D eigenvalue weighted by molar-refractivity contribution is 5.89. The standard InChI is InChI=1S/C14H16N4O2/c1-20-12-3-2-10-13(17-12)11(4-6-16-10)18-7-5-9(8-18)14(15)19/h2-4,6,9H,5,7-8H2,1H3,(H2,15,19)/t9-/m1/s1. The number of carbonyl (C=O) groups excluding carboxylic acids is 1. The summed E-state index contributed by atoms with van der Waals surface area (Å²) in [6.07, 6.45) is 2.53. The number of nitrogens with two attached hydrogens (primary N) is 1. The number of amides is 1. The molecule has 0 saturated carbocycles. The zero-order valence-corrected chi connectivity index (χ0v) is 11.2. The molecule has 2 N–H and O–H groups in total. The Bertz CT molecular complexity index is 659. The summed E-state index contributed by atoms with van der Waals surface area (Å²) in [6, 6.07) is 5.58. The molecule has 20 heavy (non-hydrogen) atoms. The Morgan fingerprint density at radius 3 is 3.00 bits per heavy atom. The Morgan fingerprint density at radius 2 is 2.30 bits per heavy atom. The summed E-state index contributed by atoms with van der Waals surface area (Å²) in [5, 5.41) is 0. The number of methoxy groups -OCH3 is 1. The monoisotopic (exact) mass is 272 g/mol. The third kappa shape index (κ3) is 2.13. The van der Waals surface area contributed by atoms with E-state index in [4.69, 9.17) is 10.5 Å². The van der Waals surface area contributed by atoms with E-state index in [9.17, 15) is 4.79 Å². The van der Waals surface area contributed by atoms with E-state index < -0.39 is 0 Å². The largest absolute Gasteiger partial charge is 0.481 e. The lowest BCUT2D eigenvalue weighted by atomic mass is 10.1. The first kappa shape index (κ1) is 12.7. The average molecular weight is 272 g/mol. The molecular weight excluding hydrogens is 256 g/mol. The van der Waals surface area contributed by atoms with Crippen LogP contribution >= 0.6 is 0 Å². The second-order valence-electron chi connectivity index (χ2n) is 4.89. The molecule has 1 atom stereocenters. The highest BCUT2D eigenvalue weighted by atomic mass is 16.5. The normalized spacial score (nSPS) is 18.4. The molecular formula is C14H16N4O2. The SMILES string of the molecule is COc1ccc2nccc(N3CC[C@@H](C(N)=O)C3)c2n1. The van der Waals surface area contributed by atoms with Crippen LogP contribution in [0.15, 0.2) is 24.4 Å². The maximum absolute atomic E-state index is 11.3. The Hall–Kier alpha value is -2.37. The topological polar surface area (TPSA) is 81.3 Å². The number of primary amides is 1. The summed E-state index contributed by atoms with van der Waals surface area (Å²) in [5.41, 5.74) is 7.95. The van der Waals surface area contributed by atoms with Crippen LogP contribution in [-0.2, 0) is 4.79 Å². The first-order chi connectivity index (χ1) is 9.69. The average Bonchev–Trinajstić information content (AvgIpc) is 2.96. The van der Waals surface area contributed by atoms with Gasteiger partial charge in [0.25, 0.3) is 0 Å². The number of hydrogen-bond donors (Lipinski definition) is 1. The third-order valence-corrected chi connectivity index (χ3v) is 3.68. The van der Waals surface area contributed by atoms with E-state index in [1.54, 1.807) is 19.4 Å². The molecule has 0 radical (unpaired) electrons. The minimum Gasteiger partial charge on any atom is -0.481 e. The molecule has 0 bridgehead atoms. The highest BCUT2D eigenvalue weighted by Crippen LogP contribution is 2.29. The van der Waals surface area contributed by atoms with E-state index >= 15 is 0 Å². The van der Waals surface area contributed by atoms with Gasteiger partial charge in [-0.15, -0.1) is 0 Å². The fourth-order valence-electron chi connectivity index (χ4n) is 2.57. The quantitative estimate of drug-likeness (QED) is 0.899. The van der Waals surface area contributed by atoms with E-state index in [0.29, 0.717) is 12.4 Å². The van der Waals surface area contributed by atoms with Crippen molar-refractivity contribution in [2.75, 3.05) is 25.1 Å². The summed E-state index contributed by atoms with van der Waals surface area (Å²) < 4.78 is 5.17. The van der Waals surface area contributed by atoms with Crippen LogP contribution < -0.4 is 15.4 Å². The molecule has 3 heterocycles. The smallest absolute Gasteiger partial charge is 0.222 e. The van der Waals surface area contributed by atoms with Crippen molar-refractivity contribution in [3.63, 3.8) is 0 Å². The van der Waals surface area contributed by atoms with Crippen LogP contribution in [0.3, 0.4) is 0 Å². The van der Waals surface area contributed by atoms with Crippen molar-refractivity contribution in [1.82, 2.24) is 9.97 Å². The van der Waals surface area contributed by atoms with Crippen molar-refractivity contribution >= 4 is 22.6 Å². The van der Waals surface area contributed by atoms with Gasteiger partial charge < -0.3 is 15.4 Å². The van der Waals surface area contributed by atoms with Gasteiger partial charge in [0.2, 0.25) is 11.8 Å². The predicted octanol–water partition coefficient (Wildman–Crippen LogP) is 0.950. The zero-order valence-electron chi connectivity index (χ0n) is 11.2. The number of pyridine rings is 2. The molecule has 1 aliphatic heterocycles. The van der Waals surface area contributed by atoms with Crippen LogP contribution in [0.5, 0.6) is 5.88 Å². The summed E-state index contributed by atoms with van der Waals surface area (Å²) >= 11 is 0. The molecule has 0 spiro atoms. The van der Waals surface area contributed by atoms with E-state index in [-0.39, 0.29) is 11.8 Å². The number of anilines is 1. The lowest BCUT2D eigenvalue weighted by molar-refractivity contribution is -0.121. The Kier molecular flexibility index (Phi) is 3.14. The molecule has 2 aromatic rings. The van der Waals surface area contributed by atoms with Crippen LogP contribution in [0.1, 0.15) is 6.42 Å². The third-order valence-electron chi connectivity index (χ3n) is 3.68. The molecule has 6 nitrogen and oxygen atoms in total. The number of aromatic nitrogens is 2. The van der Waals surface area contributed by atoms with Gasteiger partial charge in [0.1, 0.15) is 5.52 Å². The Balaban J connectivity index is 2.01. The number of nitrogens with zero attached hydrogens (tertiary/aromatic N) is 3. The van der Waals surface area contributed by atoms with Gasteiger partial charge in [0, 0.05) is 25.4 Å². The van der Waals surface area contributed by atoms with Crippen LogP contribution in [0.4, 0.5) is 5.69 Å². The number of ether oxygens (including phenoxy) is 1. The van der Waals surface area contributed by atoms with E-state index in [2.05, 4.69) is 14.9 Å². The van der Waals surface area contributed by atoms with Crippen LogP contribution in [0, 0.1) is 5.92 Å². The fourth-order valence-corrected chi connectivity index (χ4v) is 2.57. The number of carbonyl (C=O) groups is 1. The molecule has 2 aromatic heterocycles. The summed E-state index contributed by atoms with van der Waals surface area (Å²) in [5.74, 6) is 0.220. The second-order valence-corrected chi connectivity index (χ2v) is 4.89. The minimum absolute atomic E-state index is 0.0937. The molecule has 0 aromatic carbocycles. The van der Waals surface area contributed by atoms with Gasteiger partial charge in [-0.3, -0.25) is 9.78 Å². The number of rotatable bonds is 3. The maximum atomic E-state index is 11.3. The number of fused-ring (bicyclic) bond motifs is 1. The molecule has 0 aliphatic carbocycles. The molecule has 1 fully saturated rings. The summed E-state index contributed by atoms with van der Waals surface area (Å²) in [6.45, 7) is 1.43. The molecule has 1 aliphatic rings. The Labute approximate surface area is 116 Å². The predicted molar refractivity (Wildman–Crippen MR) is 75.6 cm³/mol. The van der Waals surface area contributed by atoms with Crippen LogP contribution in [0.2, 0.25) is 0 Å². The van der Waals surface area contributed by atoms with Crippen molar-refractivity contribution in [3.05, 3.63) is 24.4 Å². The van der Waals surface area contributed by atoms with Gasteiger partial charge in [0.15, 0.2) is 0 Å².